The van der Waals surface area contributed by atoms with Crippen molar-refractivity contribution in [2.45, 2.75) is 26.8 Å². The van der Waals surface area contributed by atoms with Gasteiger partial charge < -0.3 is 5.32 Å². The van der Waals surface area contributed by atoms with Gasteiger partial charge in [0.05, 0.1) is 12.0 Å². The monoisotopic (exact) mass is 170 g/mol. The summed E-state index contributed by atoms with van der Waals surface area (Å²) < 4.78 is 12.4. The van der Waals surface area contributed by atoms with Crippen molar-refractivity contribution < 1.29 is 4.39 Å². The number of nitrogens with one attached hydrogen (secondary N) is 1. The van der Waals surface area contributed by atoms with Gasteiger partial charge in [-0.05, 0) is 26.8 Å². The van der Waals surface area contributed by atoms with Crippen LogP contribution < -0.4 is 5.32 Å². The van der Waals surface area contributed by atoms with E-state index in [0.717, 1.165) is 12.3 Å². The molecule has 0 aromatic carbocycles. The molecule has 0 aromatic rings. The van der Waals surface area contributed by atoms with E-state index < -0.39 is 5.83 Å². The fourth-order valence-corrected chi connectivity index (χ4v) is 0.666. The van der Waals surface area contributed by atoms with Crippen LogP contribution in [0.15, 0.2) is 29.7 Å². The van der Waals surface area contributed by atoms with E-state index in [0.29, 0.717) is 11.9 Å². The van der Waals surface area contributed by atoms with Gasteiger partial charge in [-0.1, -0.05) is 6.58 Å². The molecule has 0 unspecified atom stereocenters. The number of halogens is 1. The van der Waals surface area contributed by atoms with Crippen LogP contribution in [-0.2, 0) is 0 Å². The Balaban J connectivity index is 4.08. The van der Waals surface area contributed by atoms with Gasteiger partial charge >= 0.3 is 0 Å². The lowest BCUT2D eigenvalue weighted by atomic mass is 10.4. The quantitative estimate of drug-likeness (QED) is 0.392. The predicted octanol–water partition coefficient (Wildman–Crippen LogP) is 2.40. The molecular formula is C9H15FN2. The van der Waals surface area contributed by atoms with Crippen LogP contribution in [-0.4, -0.2) is 11.9 Å². The third-order valence-corrected chi connectivity index (χ3v) is 1.07. The van der Waals surface area contributed by atoms with E-state index in [2.05, 4.69) is 16.9 Å². The molecule has 0 rings (SSSR count). The molecule has 0 amide bonds. The van der Waals surface area contributed by atoms with Gasteiger partial charge in [-0.25, -0.2) is 9.38 Å². The highest BCUT2D eigenvalue weighted by Gasteiger charge is 1.91. The van der Waals surface area contributed by atoms with Crippen molar-refractivity contribution >= 4 is 5.84 Å². The minimum atomic E-state index is -0.431. The molecule has 0 radical (unpaired) electrons. The number of hydrogen-bond acceptors (Lipinski definition) is 1. The Bertz CT molecular complexity index is 205. The number of aliphatic imine (C=N–C) groups is 1. The van der Waals surface area contributed by atoms with Gasteiger partial charge in [-0.3, -0.25) is 0 Å². The normalized spacial score (nSPS) is 13.4. The van der Waals surface area contributed by atoms with Crippen molar-refractivity contribution in [1.29, 1.82) is 0 Å². The summed E-state index contributed by atoms with van der Waals surface area (Å²) in [5.41, 5.74) is 0. The average Bonchev–Trinajstić information content (AvgIpc) is 1.99. The first kappa shape index (κ1) is 10.9. The van der Waals surface area contributed by atoms with Crippen molar-refractivity contribution in [3.63, 3.8) is 0 Å². The van der Waals surface area contributed by atoms with Crippen molar-refractivity contribution in [2.24, 2.45) is 4.99 Å². The molecule has 0 saturated carbocycles. The second kappa shape index (κ2) is 5.52. The molecule has 2 nitrogen and oxygen atoms in total. The molecule has 68 valence electrons. The largest absolute Gasteiger partial charge is 0.372 e. The smallest absolute Gasteiger partial charge is 0.140 e. The molecule has 0 aliphatic heterocycles. The summed E-state index contributed by atoms with van der Waals surface area (Å²) >= 11 is 0. The maximum Gasteiger partial charge on any atom is 0.140 e. The summed E-state index contributed by atoms with van der Waals surface area (Å²) in [4.78, 5) is 3.83. The molecule has 0 aliphatic rings. The lowest BCUT2D eigenvalue weighted by Gasteiger charge is -2.07. The zero-order valence-corrected chi connectivity index (χ0v) is 7.76. The van der Waals surface area contributed by atoms with E-state index in [1.165, 1.54) is 0 Å². The Morgan fingerprint density at radius 2 is 2.17 bits per heavy atom. The van der Waals surface area contributed by atoms with Gasteiger partial charge in [0.1, 0.15) is 5.83 Å². The van der Waals surface area contributed by atoms with E-state index in [1.54, 1.807) is 6.92 Å². The highest BCUT2D eigenvalue weighted by molar-refractivity contribution is 5.80. The first-order chi connectivity index (χ1) is 5.56. The molecule has 0 aliphatic carbocycles. The molecule has 12 heavy (non-hydrogen) atoms. The summed E-state index contributed by atoms with van der Waals surface area (Å²) in [6.07, 6.45) is 2.25. The van der Waals surface area contributed by atoms with Gasteiger partial charge in [0.25, 0.3) is 0 Å². The maximum absolute atomic E-state index is 12.4. The number of nitrogens with zero attached hydrogens (tertiary/aromatic N) is 1. The molecule has 3 heteroatoms. The summed E-state index contributed by atoms with van der Waals surface area (Å²) in [6.45, 7) is 9.04. The van der Waals surface area contributed by atoms with Crippen molar-refractivity contribution in [3.05, 3.63) is 24.7 Å². The van der Waals surface area contributed by atoms with Crippen LogP contribution in [0.3, 0.4) is 0 Å². The van der Waals surface area contributed by atoms with Crippen molar-refractivity contribution in [3.8, 4) is 0 Å². The van der Waals surface area contributed by atoms with E-state index in [-0.39, 0.29) is 0 Å². The molecule has 0 fully saturated rings. The second-order valence-electron chi connectivity index (χ2n) is 2.73. The lowest BCUT2D eigenvalue weighted by Crippen LogP contribution is -2.27. The third-order valence-electron chi connectivity index (χ3n) is 1.07. The Labute approximate surface area is 72.9 Å². The van der Waals surface area contributed by atoms with Gasteiger partial charge in [0.2, 0.25) is 0 Å². The van der Waals surface area contributed by atoms with Gasteiger partial charge in [-0.15, -0.1) is 0 Å². The number of rotatable bonds is 3. The highest BCUT2D eigenvalue weighted by Crippen LogP contribution is 1.96. The molecular weight excluding hydrogens is 155 g/mol. The minimum absolute atomic E-state index is 0.314. The van der Waals surface area contributed by atoms with Gasteiger partial charge in [0.15, 0.2) is 0 Å². The summed E-state index contributed by atoms with van der Waals surface area (Å²) in [6, 6.07) is 0.314. The SMILES string of the molecule is C=C/C(F)=C/N=C(/C)NC(C)C. The Kier molecular flexibility index (Phi) is 5.00. The van der Waals surface area contributed by atoms with E-state index >= 15 is 0 Å². The van der Waals surface area contributed by atoms with Crippen LogP contribution in [0.25, 0.3) is 0 Å². The van der Waals surface area contributed by atoms with Crippen LogP contribution >= 0.6 is 0 Å². The predicted molar refractivity (Wildman–Crippen MR) is 50.8 cm³/mol. The number of hydrogen-bond donors (Lipinski definition) is 1. The minimum Gasteiger partial charge on any atom is -0.372 e. The van der Waals surface area contributed by atoms with Crippen molar-refractivity contribution in [1.82, 2.24) is 5.32 Å². The van der Waals surface area contributed by atoms with Crippen LogP contribution in [0.1, 0.15) is 20.8 Å². The van der Waals surface area contributed by atoms with Crippen LogP contribution in [0.2, 0.25) is 0 Å². The Morgan fingerprint density at radius 1 is 1.58 bits per heavy atom. The van der Waals surface area contributed by atoms with Crippen LogP contribution in [0.4, 0.5) is 4.39 Å². The molecule has 0 atom stereocenters. The van der Waals surface area contributed by atoms with E-state index in [4.69, 9.17) is 0 Å². The average molecular weight is 170 g/mol. The first-order valence-electron chi connectivity index (χ1n) is 3.85. The second-order valence-corrected chi connectivity index (χ2v) is 2.73. The van der Waals surface area contributed by atoms with Crippen LogP contribution in [0.5, 0.6) is 0 Å². The maximum atomic E-state index is 12.4. The van der Waals surface area contributed by atoms with Crippen molar-refractivity contribution in [2.75, 3.05) is 0 Å². The lowest BCUT2D eigenvalue weighted by molar-refractivity contribution is 0.663. The highest BCUT2D eigenvalue weighted by atomic mass is 19.1. The van der Waals surface area contributed by atoms with E-state index in [1.807, 2.05) is 13.8 Å². The topological polar surface area (TPSA) is 24.4 Å². The standard InChI is InChI=1S/C9H15FN2/c1-5-9(10)6-11-8(4)12-7(2)3/h5-7H,1H2,2-4H3,(H,11,12)/b9-6-. The summed E-state index contributed by atoms with van der Waals surface area (Å²) in [7, 11) is 0. The first-order valence-corrected chi connectivity index (χ1v) is 3.85. The zero-order chi connectivity index (χ0) is 9.56. The molecule has 0 spiro atoms. The molecule has 0 bridgehead atoms. The third kappa shape index (κ3) is 5.65. The summed E-state index contributed by atoms with van der Waals surface area (Å²) in [5, 5.41) is 3.03. The van der Waals surface area contributed by atoms with Gasteiger partial charge in [0, 0.05) is 6.04 Å². The molecule has 0 heterocycles. The molecule has 1 N–H and O–H groups in total. The Hall–Kier alpha value is -1.12. The van der Waals surface area contributed by atoms with E-state index in [9.17, 15) is 4.39 Å². The van der Waals surface area contributed by atoms with Gasteiger partial charge in [-0.2, -0.15) is 0 Å². The molecule has 0 saturated heterocycles. The molecule has 0 aromatic heterocycles. The van der Waals surface area contributed by atoms with Crippen LogP contribution in [0, 0.1) is 0 Å². The number of allylic oxidation sites excluding steroid dienone is 2. The Morgan fingerprint density at radius 3 is 2.58 bits per heavy atom. The zero-order valence-electron chi connectivity index (χ0n) is 7.76. The fourth-order valence-electron chi connectivity index (χ4n) is 0.666. The summed E-state index contributed by atoms with van der Waals surface area (Å²) in [5.74, 6) is 0.266. The fraction of sp³-hybridized carbons (Fsp3) is 0.444. The number of amidine groups is 1.